The average molecular weight is 323 g/mol. The Hall–Kier alpha value is -2.33. The topological polar surface area (TPSA) is 44.4 Å². The van der Waals surface area contributed by atoms with E-state index in [2.05, 4.69) is 46.7 Å². The fourth-order valence-corrected chi connectivity index (χ4v) is 3.11. The third-order valence-electron chi connectivity index (χ3n) is 4.48. The highest BCUT2D eigenvalue weighted by Crippen LogP contribution is 2.14. The van der Waals surface area contributed by atoms with Crippen LogP contribution in [0.2, 0.25) is 0 Å². The molecule has 1 fully saturated rings. The van der Waals surface area contributed by atoms with E-state index in [0.717, 1.165) is 38.2 Å². The number of rotatable bonds is 5. The number of carbonyl (C=O) groups excluding carboxylic acids is 1. The smallest absolute Gasteiger partial charge is 0.319 e. The first-order chi connectivity index (χ1) is 11.7. The molecule has 1 unspecified atom stereocenters. The van der Waals surface area contributed by atoms with Crippen molar-refractivity contribution in [1.82, 2.24) is 10.2 Å². The summed E-state index contributed by atoms with van der Waals surface area (Å²) >= 11 is 0. The summed E-state index contributed by atoms with van der Waals surface area (Å²) in [5, 5.41) is 6.00. The van der Waals surface area contributed by atoms with Gasteiger partial charge in [-0.2, -0.15) is 0 Å². The first-order valence-corrected chi connectivity index (χ1v) is 8.65. The Bertz CT molecular complexity index is 654. The Labute approximate surface area is 143 Å². The van der Waals surface area contributed by atoms with Gasteiger partial charge in [0, 0.05) is 31.4 Å². The lowest BCUT2D eigenvalue weighted by Gasteiger charge is -2.17. The number of carbonyl (C=O) groups is 1. The minimum Gasteiger partial charge on any atom is -0.334 e. The van der Waals surface area contributed by atoms with Crippen LogP contribution in [0.1, 0.15) is 24.5 Å². The van der Waals surface area contributed by atoms with Gasteiger partial charge in [0.25, 0.3) is 0 Å². The van der Waals surface area contributed by atoms with Gasteiger partial charge in [0.05, 0.1) is 0 Å². The number of urea groups is 1. The lowest BCUT2D eigenvalue weighted by atomic mass is 10.1. The van der Waals surface area contributed by atoms with Crippen molar-refractivity contribution >= 4 is 11.7 Å². The maximum Gasteiger partial charge on any atom is 0.319 e. The zero-order valence-corrected chi connectivity index (χ0v) is 14.2. The Balaban J connectivity index is 1.45. The lowest BCUT2D eigenvalue weighted by molar-refractivity contribution is 0.247. The van der Waals surface area contributed by atoms with E-state index in [9.17, 15) is 4.79 Å². The van der Waals surface area contributed by atoms with Crippen LogP contribution in [0.3, 0.4) is 0 Å². The molecule has 24 heavy (non-hydrogen) atoms. The number of hydrogen-bond donors (Lipinski definition) is 2. The van der Waals surface area contributed by atoms with E-state index in [4.69, 9.17) is 0 Å². The summed E-state index contributed by atoms with van der Waals surface area (Å²) in [6, 6.07) is 18.6. The number of nitrogens with one attached hydrogen (secondary N) is 2. The van der Waals surface area contributed by atoms with Crippen LogP contribution in [-0.4, -0.2) is 30.1 Å². The molecule has 0 aromatic heterocycles. The fraction of sp³-hybridized carbons (Fsp3) is 0.350. The summed E-state index contributed by atoms with van der Waals surface area (Å²) in [5.74, 6) is 0. The normalized spacial score (nSPS) is 17.6. The van der Waals surface area contributed by atoms with Gasteiger partial charge >= 0.3 is 6.03 Å². The molecule has 2 aromatic rings. The number of nitrogens with zero attached hydrogens (tertiary/aromatic N) is 1. The number of benzene rings is 2. The molecule has 1 aliphatic rings. The third-order valence-corrected chi connectivity index (χ3v) is 4.48. The van der Waals surface area contributed by atoms with Gasteiger partial charge < -0.3 is 10.6 Å². The Morgan fingerprint density at radius 3 is 2.54 bits per heavy atom. The molecule has 0 radical (unpaired) electrons. The quantitative estimate of drug-likeness (QED) is 0.882. The molecular formula is C20H25N3O. The van der Waals surface area contributed by atoms with Gasteiger partial charge in [0.2, 0.25) is 0 Å². The van der Waals surface area contributed by atoms with E-state index in [1.54, 1.807) is 0 Å². The first-order valence-electron chi connectivity index (χ1n) is 8.65. The minimum absolute atomic E-state index is 0.120. The molecule has 0 aliphatic carbocycles. The van der Waals surface area contributed by atoms with Crippen LogP contribution in [-0.2, 0) is 13.0 Å². The standard InChI is InChI=1S/C20H25N3O/c1-2-16-8-10-18(11-9-16)21-20(24)22-19-12-13-23(15-19)14-17-6-4-3-5-7-17/h3-11,19H,2,12-15H2,1H3,(H2,21,22,24). The highest BCUT2D eigenvalue weighted by Gasteiger charge is 2.23. The second kappa shape index (κ2) is 7.97. The van der Waals surface area contributed by atoms with Crippen molar-refractivity contribution in [3.8, 4) is 0 Å². The molecule has 2 aromatic carbocycles. The van der Waals surface area contributed by atoms with Crippen LogP contribution in [0.4, 0.5) is 10.5 Å². The largest absolute Gasteiger partial charge is 0.334 e. The van der Waals surface area contributed by atoms with E-state index >= 15 is 0 Å². The monoisotopic (exact) mass is 323 g/mol. The van der Waals surface area contributed by atoms with Crippen LogP contribution in [0.25, 0.3) is 0 Å². The molecule has 0 saturated carbocycles. The number of anilines is 1. The van der Waals surface area contributed by atoms with Crippen molar-refractivity contribution in [2.24, 2.45) is 0 Å². The van der Waals surface area contributed by atoms with Gasteiger partial charge in [-0.1, -0.05) is 49.4 Å². The molecule has 1 aliphatic heterocycles. The third kappa shape index (κ3) is 4.59. The zero-order valence-electron chi connectivity index (χ0n) is 14.2. The molecule has 126 valence electrons. The molecule has 4 nitrogen and oxygen atoms in total. The second-order valence-corrected chi connectivity index (χ2v) is 6.36. The van der Waals surface area contributed by atoms with Crippen molar-refractivity contribution in [1.29, 1.82) is 0 Å². The van der Waals surface area contributed by atoms with Gasteiger partial charge in [-0.25, -0.2) is 4.79 Å². The van der Waals surface area contributed by atoms with E-state index in [0.29, 0.717) is 0 Å². The molecule has 1 saturated heterocycles. The van der Waals surface area contributed by atoms with Gasteiger partial charge in [0.15, 0.2) is 0 Å². The molecule has 1 heterocycles. The first kappa shape index (κ1) is 16.5. The molecule has 4 heteroatoms. The number of hydrogen-bond acceptors (Lipinski definition) is 2. The second-order valence-electron chi connectivity index (χ2n) is 6.36. The molecule has 2 amide bonds. The summed E-state index contributed by atoms with van der Waals surface area (Å²) in [5.41, 5.74) is 3.43. The highest BCUT2D eigenvalue weighted by atomic mass is 16.2. The van der Waals surface area contributed by atoms with Gasteiger partial charge in [-0.3, -0.25) is 4.90 Å². The van der Waals surface area contributed by atoms with E-state index in [1.165, 1.54) is 11.1 Å². The van der Waals surface area contributed by atoms with E-state index in [-0.39, 0.29) is 12.1 Å². The lowest BCUT2D eigenvalue weighted by Crippen LogP contribution is -2.39. The highest BCUT2D eigenvalue weighted by molar-refractivity contribution is 5.89. The molecule has 0 bridgehead atoms. The van der Waals surface area contributed by atoms with Crippen LogP contribution >= 0.6 is 0 Å². The zero-order chi connectivity index (χ0) is 16.8. The van der Waals surface area contributed by atoms with Crippen LogP contribution in [0.5, 0.6) is 0 Å². The summed E-state index contributed by atoms with van der Waals surface area (Å²) in [6.45, 7) is 4.98. The summed E-state index contributed by atoms with van der Waals surface area (Å²) in [7, 11) is 0. The predicted molar refractivity (Wildman–Crippen MR) is 98.1 cm³/mol. The van der Waals surface area contributed by atoms with E-state index in [1.807, 2.05) is 30.3 Å². The van der Waals surface area contributed by atoms with Gasteiger partial charge in [0.1, 0.15) is 0 Å². The van der Waals surface area contributed by atoms with Crippen LogP contribution in [0, 0.1) is 0 Å². The van der Waals surface area contributed by atoms with Crippen molar-refractivity contribution in [2.75, 3.05) is 18.4 Å². The van der Waals surface area contributed by atoms with Crippen molar-refractivity contribution in [3.63, 3.8) is 0 Å². The van der Waals surface area contributed by atoms with Gasteiger partial charge in [-0.15, -0.1) is 0 Å². The van der Waals surface area contributed by atoms with Crippen molar-refractivity contribution in [3.05, 3.63) is 65.7 Å². The average Bonchev–Trinajstić information content (AvgIpc) is 3.03. The van der Waals surface area contributed by atoms with Gasteiger partial charge in [-0.05, 0) is 36.1 Å². The van der Waals surface area contributed by atoms with Crippen molar-refractivity contribution in [2.45, 2.75) is 32.4 Å². The SMILES string of the molecule is CCc1ccc(NC(=O)NC2CCN(Cc3ccccc3)C2)cc1. The summed E-state index contributed by atoms with van der Waals surface area (Å²) in [6.07, 6.45) is 2.00. The minimum atomic E-state index is -0.120. The molecule has 3 rings (SSSR count). The van der Waals surface area contributed by atoms with Crippen LogP contribution < -0.4 is 10.6 Å². The molecular weight excluding hydrogens is 298 g/mol. The fourth-order valence-electron chi connectivity index (χ4n) is 3.11. The number of aryl methyl sites for hydroxylation is 1. The Kier molecular flexibility index (Phi) is 5.49. The molecule has 1 atom stereocenters. The summed E-state index contributed by atoms with van der Waals surface area (Å²) < 4.78 is 0. The Morgan fingerprint density at radius 1 is 1.08 bits per heavy atom. The maximum absolute atomic E-state index is 12.1. The van der Waals surface area contributed by atoms with Crippen molar-refractivity contribution < 1.29 is 4.79 Å². The maximum atomic E-state index is 12.1. The molecule has 2 N–H and O–H groups in total. The Morgan fingerprint density at radius 2 is 1.83 bits per heavy atom. The summed E-state index contributed by atoms with van der Waals surface area (Å²) in [4.78, 5) is 14.5. The van der Waals surface area contributed by atoms with E-state index < -0.39 is 0 Å². The van der Waals surface area contributed by atoms with Crippen LogP contribution in [0.15, 0.2) is 54.6 Å². The number of amides is 2. The number of likely N-dealkylation sites (tertiary alicyclic amines) is 1. The molecule has 0 spiro atoms. The predicted octanol–water partition coefficient (Wildman–Crippen LogP) is 3.65.